The molecular formula is C83H140O17P2. The Kier molecular flexibility index (Phi) is 71.0. The summed E-state index contributed by atoms with van der Waals surface area (Å²) in [5, 5.41) is 10.6. The monoisotopic (exact) mass is 1470 g/mol. The average Bonchev–Trinajstić information content (AvgIpc) is 0.908. The molecule has 5 unspecified atom stereocenters. The number of carbonyl (C=O) groups is 4. The number of unbranched alkanes of at least 4 members (excludes halogenated alkanes) is 25. The molecule has 0 rings (SSSR count). The number of hydrogen-bond acceptors (Lipinski definition) is 15. The van der Waals surface area contributed by atoms with Crippen molar-refractivity contribution in [3.63, 3.8) is 0 Å². The van der Waals surface area contributed by atoms with E-state index in [0.29, 0.717) is 32.1 Å². The van der Waals surface area contributed by atoms with Gasteiger partial charge in [-0.3, -0.25) is 37.3 Å². The highest BCUT2D eigenvalue weighted by Gasteiger charge is 2.30. The predicted octanol–water partition coefficient (Wildman–Crippen LogP) is 22.9. The minimum atomic E-state index is -5.00. The fraction of sp³-hybridized carbons (Fsp3) is 0.687. The zero-order valence-electron chi connectivity index (χ0n) is 63.7. The molecule has 0 heterocycles. The Balaban J connectivity index is 5.42. The van der Waals surface area contributed by atoms with Crippen molar-refractivity contribution >= 4 is 39.5 Å². The highest BCUT2D eigenvalue weighted by Crippen LogP contribution is 2.45. The zero-order valence-corrected chi connectivity index (χ0v) is 65.5. The molecule has 3 N–H and O–H groups in total. The summed E-state index contributed by atoms with van der Waals surface area (Å²) in [5.41, 5.74) is 0. The van der Waals surface area contributed by atoms with Gasteiger partial charge in [-0.15, -0.1) is 0 Å². The van der Waals surface area contributed by atoms with Gasteiger partial charge in [-0.25, -0.2) is 9.13 Å². The number of hydrogen-bond donors (Lipinski definition) is 3. The fourth-order valence-electron chi connectivity index (χ4n) is 10.2. The number of phosphoric ester groups is 2. The topological polar surface area (TPSA) is 237 Å². The van der Waals surface area contributed by atoms with Crippen LogP contribution >= 0.6 is 15.6 Å². The van der Waals surface area contributed by atoms with Gasteiger partial charge in [-0.2, -0.15) is 0 Å². The first kappa shape index (κ1) is 97.2. The highest BCUT2D eigenvalue weighted by atomic mass is 31.2. The number of phosphoric acid groups is 2. The molecule has 0 aromatic carbocycles. The number of aliphatic hydroxyl groups excluding tert-OH is 1. The second-order valence-electron chi connectivity index (χ2n) is 25.9. The van der Waals surface area contributed by atoms with E-state index in [9.17, 15) is 43.2 Å². The van der Waals surface area contributed by atoms with E-state index < -0.39 is 97.5 Å². The molecule has 0 aliphatic rings. The van der Waals surface area contributed by atoms with Crippen molar-refractivity contribution in [1.82, 2.24) is 0 Å². The van der Waals surface area contributed by atoms with Crippen molar-refractivity contribution < 1.29 is 80.2 Å². The third kappa shape index (κ3) is 73.5. The molecule has 102 heavy (non-hydrogen) atoms. The number of ether oxygens (including phenoxy) is 4. The van der Waals surface area contributed by atoms with Crippen LogP contribution in [-0.4, -0.2) is 96.7 Å². The van der Waals surface area contributed by atoms with E-state index in [2.05, 4.69) is 143 Å². The SMILES string of the molecule is CC/C=C\C/C=C\C/C=C\C/C=C\C/C=C\C/C=C\CCC(=O)OCC(COP(=O)(O)OCC(O)COP(=O)(O)OCC(COC(=O)CCCCCCC/C=C\C/C=C\C/C=C\CC)OC(=O)CCCCCCCCCCCCCCCCC)OC(=O)CCCCCCC/C=C\C/C=C\CCC. The molecule has 0 fully saturated rings. The van der Waals surface area contributed by atoms with Crippen molar-refractivity contribution in [2.75, 3.05) is 39.6 Å². The van der Waals surface area contributed by atoms with Gasteiger partial charge in [0.25, 0.3) is 0 Å². The van der Waals surface area contributed by atoms with Gasteiger partial charge in [0.15, 0.2) is 12.2 Å². The smallest absolute Gasteiger partial charge is 0.462 e. The molecule has 0 saturated carbocycles. The van der Waals surface area contributed by atoms with Crippen LogP contribution in [0.4, 0.5) is 0 Å². The van der Waals surface area contributed by atoms with Crippen LogP contribution in [0.5, 0.6) is 0 Å². The maximum absolute atomic E-state index is 13.1. The van der Waals surface area contributed by atoms with E-state index in [1.165, 1.54) is 64.2 Å². The Morgan fingerprint density at radius 3 is 0.882 bits per heavy atom. The molecule has 17 nitrogen and oxygen atoms in total. The first-order valence-electron chi connectivity index (χ1n) is 39.4. The normalized spacial score (nSPS) is 14.6. The Hall–Kier alpha value is -4.80. The molecule has 5 atom stereocenters. The minimum Gasteiger partial charge on any atom is -0.462 e. The van der Waals surface area contributed by atoms with Gasteiger partial charge < -0.3 is 33.8 Å². The maximum Gasteiger partial charge on any atom is 0.472 e. The third-order valence-corrected chi connectivity index (χ3v) is 18.0. The molecule has 0 aromatic rings. The third-order valence-electron chi connectivity index (χ3n) is 16.1. The Morgan fingerprint density at radius 1 is 0.284 bits per heavy atom. The first-order valence-corrected chi connectivity index (χ1v) is 42.4. The summed E-state index contributed by atoms with van der Waals surface area (Å²) in [4.78, 5) is 72.9. The van der Waals surface area contributed by atoms with Crippen LogP contribution in [0.2, 0.25) is 0 Å². The lowest BCUT2D eigenvalue weighted by atomic mass is 10.0. The Bertz CT molecular complexity index is 2460. The van der Waals surface area contributed by atoms with E-state index in [1.54, 1.807) is 0 Å². The molecule has 0 aliphatic heterocycles. The Morgan fingerprint density at radius 2 is 0.549 bits per heavy atom. The molecule has 0 aromatic heterocycles. The summed E-state index contributed by atoms with van der Waals surface area (Å²) < 4.78 is 68.5. The van der Waals surface area contributed by atoms with Crippen LogP contribution in [0, 0.1) is 0 Å². The van der Waals surface area contributed by atoms with Crippen LogP contribution < -0.4 is 0 Å². The van der Waals surface area contributed by atoms with Gasteiger partial charge in [0, 0.05) is 25.7 Å². The standard InChI is InChI=1S/C83H140O17P2/c1-5-9-13-17-21-25-29-33-36-37-38-39-42-45-48-52-56-60-64-68-81(86)94-73-78(99-82(87)69-65-61-57-53-49-43-32-28-24-20-16-12-8-4)75-97-101(89,90)95-71-77(84)72-96-102(91,92)98-76-79(100-83(88)70-66-62-58-54-50-46-41-35-31-27-23-19-15-11-7-3)74-93-80(85)67-63-59-55-51-47-44-40-34-30-26-22-18-14-10-6-2/h9-10,13-14,16,20-22,25-26,28,32-34,36,38-40,45,48,56,60,77-79,84H,5-8,11-12,15,17-19,23-24,27,29-31,35,37,41-44,46-47,49-55,57-59,61-76H2,1-4H3,(H,89,90)(H,91,92)/b13-9-,14-10-,20-16-,25-21-,26-22-,32-28-,36-33-,39-38-,40-34-,48-45-,60-56-. The van der Waals surface area contributed by atoms with Gasteiger partial charge in [0.05, 0.1) is 26.4 Å². The van der Waals surface area contributed by atoms with Crippen molar-refractivity contribution in [3.8, 4) is 0 Å². The summed E-state index contributed by atoms with van der Waals surface area (Å²) >= 11 is 0. The van der Waals surface area contributed by atoms with Crippen molar-refractivity contribution in [2.24, 2.45) is 0 Å². The fourth-order valence-corrected chi connectivity index (χ4v) is 11.8. The second kappa shape index (κ2) is 74.5. The molecule has 0 radical (unpaired) electrons. The summed E-state index contributed by atoms with van der Waals surface area (Å²) in [6.07, 6.45) is 83.1. The summed E-state index contributed by atoms with van der Waals surface area (Å²) in [5.74, 6) is -2.30. The molecule has 0 saturated heterocycles. The van der Waals surface area contributed by atoms with Gasteiger partial charge in [-0.1, -0.05) is 296 Å². The van der Waals surface area contributed by atoms with Crippen molar-refractivity contribution in [2.45, 2.75) is 329 Å². The van der Waals surface area contributed by atoms with Crippen LogP contribution in [0.1, 0.15) is 310 Å². The quantitative estimate of drug-likeness (QED) is 0.0169. The lowest BCUT2D eigenvalue weighted by Crippen LogP contribution is -2.30. The Labute approximate surface area is 618 Å². The van der Waals surface area contributed by atoms with Crippen molar-refractivity contribution in [1.29, 1.82) is 0 Å². The van der Waals surface area contributed by atoms with Crippen LogP contribution in [-0.2, 0) is 65.4 Å². The molecule has 0 amide bonds. The first-order chi connectivity index (χ1) is 49.7. The number of allylic oxidation sites excluding steroid dienone is 22. The van der Waals surface area contributed by atoms with Crippen LogP contribution in [0.3, 0.4) is 0 Å². The van der Waals surface area contributed by atoms with Crippen molar-refractivity contribution in [3.05, 3.63) is 134 Å². The minimum absolute atomic E-state index is 0.0302. The summed E-state index contributed by atoms with van der Waals surface area (Å²) in [6, 6.07) is 0. The molecular weight excluding hydrogens is 1330 g/mol. The van der Waals surface area contributed by atoms with E-state index in [4.69, 9.17) is 37.0 Å². The zero-order chi connectivity index (χ0) is 74.6. The number of esters is 4. The van der Waals surface area contributed by atoms with Gasteiger partial charge in [0.2, 0.25) is 0 Å². The lowest BCUT2D eigenvalue weighted by Gasteiger charge is -2.21. The van der Waals surface area contributed by atoms with Gasteiger partial charge in [0.1, 0.15) is 19.3 Å². The maximum atomic E-state index is 13.1. The lowest BCUT2D eigenvalue weighted by molar-refractivity contribution is -0.161. The molecule has 0 aliphatic carbocycles. The van der Waals surface area contributed by atoms with E-state index in [-0.39, 0.29) is 25.7 Å². The van der Waals surface area contributed by atoms with E-state index in [0.717, 1.165) is 161 Å². The number of aliphatic hydroxyl groups is 1. The number of rotatable bonds is 73. The predicted molar refractivity (Wildman–Crippen MR) is 418 cm³/mol. The largest absolute Gasteiger partial charge is 0.472 e. The second-order valence-corrected chi connectivity index (χ2v) is 28.8. The van der Waals surface area contributed by atoms with Crippen LogP contribution in [0.15, 0.2) is 134 Å². The number of carbonyl (C=O) groups excluding carboxylic acids is 4. The van der Waals surface area contributed by atoms with Gasteiger partial charge in [-0.05, 0) is 122 Å². The summed E-state index contributed by atoms with van der Waals surface area (Å²) in [7, 11) is -9.98. The highest BCUT2D eigenvalue weighted by molar-refractivity contribution is 7.47. The molecule has 0 bridgehead atoms. The average molecular weight is 1470 g/mol. The molecule has 19 heteroatoms. The van der Waals surface area contributed by atoms with E-state index >= 15 is 0 Å². The summed E-state index contributed by atoms with van der Waals surface area (Å²) in [6.45, 7) is 4.48. The van der Waals surface area contributed by atoms with E-state index in [1.807, 2.05) is 18.2 Å². The van der Waals surface area contributed by atoms with Gasteiger partial charge >= 0.3 is 39.5 Å². The molecule has 584 valence electrons. The van der Waals surface area contributed by atoms with Crippen LogP contribution in [0.25, 0.3) is 0 Å². The molecule has 0 spiro atoms.